The molecular formula is C16H22N2O5S. The molecule has 0 radical (unpaired) electrons. The summed E-state index contributed by atoms with van der Waals surface area (Å²) in [5, 5.41) is 14.8. The normalized spacial score (nSPS) is 20.7. The number of hydrogen-bond donors (Lipinski definition) is 2. The van der Waals surface area contributed by atoms with Gasteiger partial charge in [-0.05, 0) is 30.4 Å². The van der Waals surface area contributed by atoms with Crippen molar-refractivity contribution in [3.8, 4) is 0 Å². The van der Waals surface area contributed by atoms with Gasteiger partial charge in [0, 0.05) is 20.2 Å². The topological polar surface area (TPSA) is 95.9 Å². The lowest BCUT2D eigenvalue weighted by molar-refractivity contribution is -0.139. The van der Waals surface area contributed by atoms with Crippen LogP contribution in [0, 0.1) is 0 Å². The molecule has 1 aliphatic heterocycles. The summed E-state index contributed by atoms with van der Waals surface area (Å²) in [5.41, 5.74) is 0.782. The lowest BCUT2D eigenvalue weighted by Crippen LogP contribution is -2.56. The number of methoxy groups -OCH3 is 1. The van der Waals surface area contributed by atoms with Gasteiger partial charge in [-0.3, -0.25) is 14.4 Å². The smallest absolute Gasteiger partial charge is 0.248 e. The van der Waals surface area contributed by atoms with Crippen LogP contribution in [0.15, 0.2) is 11.4 Å². The van der Waals surface area contributed by atoms with Crippen LogP contribution in [0.4, 0.5) is 0 Å². The first-order valence-corrected chi connectivity index (χ1v) is 8.61. The summed E-state index contributed by atoms with van der Waals surface area (Å²) >= 11 is 1.32. The predicted molar refractivity (Wildman–Crippen MR) is 89.0 cm³/mol. The van der Waals surface area contributed by atoms with Crippen molar-refractivity contribution in [1.29, 1.82) is 0 Å². The van der Waals surface area contributed by atoms with Crippen molar-refractivity contribution < 1.29 is 24.2 Å². The van der Waals surface area contributed by atoms with E-state index in [0.29, 0.717) is 17.8 Å². The number of Topliss-reactive ketones (excluding diaryl/α,β-unsaturated/α-hetero) is 1. The highest BCUT2D eigenvalue weighted by Crippen LogP contribution is 2.16. The van der Waals surface area contributed by atoms with Crippen molar-refractivity contribution >= 4 is 28.9 Å². The van der Waals surface area contributed by atoms with Gasteiger partial charge in [-0.15, -0.1) is 11.3 Å². The van der Waals surface area contributed by atoms with E-state index >= 15 is 0 Å². The molecule has 2 rings (SSSR count). The van der Waals surface area contributed by atoms with Gasteiger partial charge in [0.2, 0.25) is 11.8 Å². The summed E-state index contributed by atoms with van der Waals surface area (Å²) in [7, 11) is 1.45. The van der Waals surface area contributed by atoms with Crippen LogP contribution in [0.1, 0.15) is 28.6 Å². The molecule has 2 amide bonds. The molecular weight excluding hydrogens is 332 g/mol. The summed E-state index contributed by atoms with van der Waals surface area (Å²) in [6, 6.07) is 1.34. The Morgan fingerprint density at radius 2 is 2.21 bits per heavy atom. The molecule has 1 saturated heterocycles. The number of ketones is 1. The van der Waals surface area contributed by atoms with Crippen LogP contribution < -0.4 is 5.32 Å². The molecule has 1 aromatic rings. The highest BCUT2D eigenvalue weighted by atomic mass is 32.1. The van der Waals surface area contributed by atoms with E-state index in [-0.39, 0.29) is 43.2 Å². The lowest BCUT2D eigenvalue weighted by atomic mass is 10.0. The first-order valence-electron chi connectivity index (χ1n) is 7.73. The van der Waals surface area contributed by atoms with Crippen molar-refractivity contribution in [2.24, 2.45) is 0 Å². The number of amides is 2. The maximum Gasteiger partial charge on any atom is 0.248 e. The van der Waals surface area contributed by atoms with Gasteiger partial charge >= 0.3 is 0 Å². The molecule has 0 spiro atoms. The third kappa shape index (κ3) is 4.86. The quantitative estimate of drug-likeness (QED) is 0.713. The van der Waals surface area contributed by atoms with Gasteiger partial charge in [0.1, 0.15) is 6.61 Å². The Bertz CT molecular complexity index is 615. The number of carbonyl (C=O) groups is 3. The summed E-state index contributed by atoms with van der Waals surface area (Å²) in [5.74, 6) is -0.393. The van der Waals surface area contributed by atoms with Crippen molar-refractivity contribution in [3.05, 3.63) is 21.9 Å². The lowest BCUT2D eigenvalue weighted by Gasteiger charge is -2.36. The SMILES string of the molecule is COCC(=O)N1CC[C@@H](NC(=O)Cc2csc(C(C)=O)c2)[C@H](O)C1. The molecule has 0 saturated carbocycles. The number of hydrogen-bond acceptors (Lipinski definition) is 6. The Kier molecular flexibility index (Phi) is 6.47. The van der Waals surface area contributed by atoms with E-state index in [1.54, 1.807) is 11.4 Å². The molecule has 0 bridgehead atoms. The molecule has 132 valence electrons. The van der Waals surface area contributed by atoms with Crippen molar-refractivity contribution in [3.63, 3.8) is 0 Å². The average Bonchev–Trinajstić information content (AvgIpc) is 2.98. The maximum absolute atomic E-state index is 12.1. The fourth-order valence-electron chi connectivity index (χ4n) is 2.64. The Balaban J connectivity index is 1.84. The summed E-state index contributed by atoms with van der Waals surface area (Å²) in [6.45, 7) is 2.13. The largest absolute Gasteiger partial charge is 0.389 e. The number of thiophene rings is 1. The second-order valence-corrected chi connectivity index (χ2v) is 6.77. The highest BCUT2D eigenvalue weighted by molar-refractivity contribution is 7.12. The number of carbonyl (C=O) groups excluding carboxylic acids is 3. The van der Waals surface area contributed by atoms with Gasteiger partial charge in [0.25, 0.3) is 0 Å². The van der Waals surface area contributed by atoms with Crippen LogP contribution in [-0.4, -0.2) is 66.6 Å². The zero-order valence-electron chi connectivity index (χ0n) is 13.8. The molecule has 24 heavy (non-hydrogen) atoms. The second-order valence-electron chi connectivity index (χ2n) is 5.85. The Morgan fingerprint density at radius 3 is 2.79 bits per heavy atom. The van der Waals surface area contributed by atoms with Crippen LogP contribution >= 0.6 is 11.3 Å². The first kappa shape index (κ1) is 18.6. The molecule has 0 aliphatic carbocycles. The van der Waals surface area contributed by atoms with Crippen LogP contribution in [-0.2, 0) is 20.7 Å². The molecule has 2 heterocycles. The minimum atomic E-state index is -0.807. The van der Waals surface area contributed by atoms with Gasteiger partial charge in [0.15, 0.2) is 5.78 Å². The van der Waals surface area contributed by atoms with Crippen molar-refractivity contribution in [2.75, 3.05) is 26.8 Å². The molecule has 2 N–H and O–H groups in total. The Labute approximate surface area is 144 Å². The van der Waals surface area contributed by atoms with E-state index in [2.05, 4.69) is 5.32 Å². The molecule has 1 fully saturated rings. The fraction of sp³-hybridized carbons (Fsp3) is 0.562. The summed E-state index contributed by atoms with van der Waals surface area (Å²) in [6.07, 6.45) is -0.150. The van der Waals surface area contributed by atoms with Gasteiger partial charge in [-0.2, -0.15) is 0 Å². The van der Waals surface area contributed by atoms with E-state index in [1.165, 1.54) is 30.3 Å². The van der Waals surface area contributed by atoms with Crippen molar-refractivity contribution in [1.82, 2.24) is 10.2 Å². The average molecular weight is 354 g/mol. The number of aliphatic hydroxyl groups is 1. The zero-order chi connectivity index (χ0) is 17.7. The standard InChI is InChI=1S/C16H22N2O5S/c1-10(19)14-5-11(9-24-14)6-15(21)17-12-3-4-18(7-13(12)20)16(22)8-23-2/h5,9,12-13,20H,3-4,6-8H2,1-2H3,(H,17,21)/t12-,13-/m1/s1. The van der Waals surface area contributed by atoms with E-state index in [9.17, 15) is 19.5 Å². The number of piperidine rings is 1. The number of likely N-dealkylation sites (tertiary alicyclic amines) is 1. The molecule has 8 heteroatoms. The summed E-state index contributed by atoms with van der Waals surface area (Å²) < 4.78 is 4.80. The van der Waals surface area contributed by atoms with Gasteiger partial charge in [-0.25, -0.2) is 0 Å². The molecule has 1 aliphatic rings. The van der Waals surface area contributed by atoms with E-state index in [1.807, 2.05) is 0 Å². The van der Waals surface area contributed by atoms with E-state index in [0.717, 1.165) is 5.56 Å². The monoisotopic (exact) mass is 354 g/mol. The van der Waals surface area contributed by atoms with Crippen LogP contribution in [0.3, 0.4) is 0 Å². The Morgan fingerprint density at radius 1 is 1.46 bits per heavy atom. The minimum absolute atomic E-state index is 0.0135. The second kappa shape index (κ2) is 8.36. The third-order valence-corrected chi connectivity index (χ3v) is 4.99. The number of β-amino-alcohol motifs (C(OH)–C–C–N with tert-alkyl or cyclic N) is 1. The predicted octanol–water partition coefficient (Wildman–Crippen LogP) is 0.218. The number of ether oxygens (including phenoxy) is 1. The third-order valence-electron chi connectivity index (χ3n) is 3.91. The Hall–Kier alpha value is -1.77. The highest BCUT2D eigenvalue weighted by Gasteiger charge is 2.30. The van der Waals surface area contributed by atoms with Crippen LogP contribution in [0.5, 0.6) is 0 Å². The van der Waals surface area contributed by atoms with E-state index in [4.69, 9.17) is 4.74 Å². The van der Waals surface area contributed by atoms with Crippen LogP contribution in [0.2, 0.25) is 0 Å². The number of aliphatic hydroxyl groups excluding tert-OH is 1. The summed E-state index contributed by atoms with van der Waals surface area (Å²) in [4.78, 5) is 37.3. The zero-order valence-corrected chi connectivity index (χ0v) is 14.6. The molecule has 0 unspecified atom stereocenters. The number of rotatable bonds is 6. The molecule has 0 aromatic carbocycles. The first-order chi connectivity index (χ1) is 11.4. The maximum atomic E-state index is 12.1. The molecule has 1 aromatic heterocycles. The number of nitrogens with one attached hydrogen (secondary N) is 1. The molecule has 7 nitrogen and oxygen atoms in total. The van der Waals surface area contributed by atoms with E-state index < -0.39 is 6.10 Å². The van der Waals surface area contributed by atoms with Gasteiger partial charge < -0.3 is 20.1 Å². The number of nitrogens with zero attached hydrogens (tertiary/aromatic N) is 1. The van der Waals surface area contributed by atoms with Gasteiger partial charge in [-0.1, -0.05) is 0 Å². The van der Waals surface area contributed by atoms with Crippen molar-refractivity contribution in [2.45, 2.75) is 31.9 Å². The fourth-order valence-corrected chi connectivity index (χ4v) is 3.45. The molecule has 2 atom stereocenters. The van der Waals surface area contributed by atoms with Crippen LogP contribution in [0.25, 0.3) is 0 Å². The van der Waals surface area contributed by atoms with Gasteiger partial charge in [0.05, 0.1) is 23.4 Å². The minimum Gasteiger partial charge on any atom is -0.389 e.